The van der Waals surface area contributed by atoms with Crippen LogP contribution in [0.1, 0.15) is 30.4 Å². The molecule has 1 aliphatic heterocycles. The van der Waals surface area contributed by atoms with E-state index in [1.807, 2.05) is 13.0 Å². The zero-order valence-electron chi connectivity index (χ0n) is 15.3. The van der Waals surface area contributed by atoms with Crippen molar-refractivity contribution in [2.75, 3.05) is 19.7 Å². The molecule has 26 heavy (non-hydrogen) atoms. The second-order valence-electron chi connectivity index (χ2n) is 7.11. The van der Waals surface area contributed by atoms with E-state index in [1.165, 1.54) is 5.56 Å². The van der Waals surface area contributed by atoms with E-state index in [0.717, 1.165) is 44.5 Å². The number of nitrogens with zero attached hydrogens (tertiary/aromatic N) is 1. The van der Waals surface area contributed by atoms with Crippen LogP contribution >= 0.6 is 0 Å². The highest BCUT2D eigenvalue weighted by atomic mass is 32.2. The first-order chi connectivity index (χ1) is 12.5. The van der Waals surface area contributed by atoms with Crippen molar-refractivity contribution in [1.29, 1.82) is 0 Å². The Balaban J connectivity index is 1.51. The van der Waals surface area contributed by atoms with Gasteiger partial charge in [-0.05, 0) is 62.9 Å². The first-order valence-corrected chi connectivity index (χ1v) is 10.7. The van der Waals surface area contributed by atoms with Crippen LogP contribution in [-0.2, 0) is 20.8 Å². The molecular formula is C21H27NO3S. The van der Waals surface area contributed by atoms with Gasteiger partial charge in [0.2, 0.25) is 0 Å². The Kier molecular flexibility index (Phi) is 6.46. The monoisotopic (exact) mass is 373 g/mol. The van der Waals surface area contributed by atoms with Crippen molar-refractivity contribution in [2.24, 2.45) is 5.92 Å². The lowest BCUT2D eigenvalue weighted by atomic mass is 10.0. The number of hydrogen-bond acceptors (Lipinski definition) is 4. The van der Waals surface area contributed by atoms with Crippen LogP contribution < -0.4 is 0 Å². The highest BCUT2D eigenvalue weighted by Crippen LogP contribution is 2.22. The lowest BCUT2D eigenvalue weighted by molar-refractivity contribution is 0.230. The van der Waals surface area contributed by atoms with E-state index in [2.05, 4.69) is 29.2 Å². The van der Waals surface area contributed by atoms with Crippen molar-refractivity contribution in [3.05, 3.63) is 65.7 Å². The largest absolute Gasteiger partial charge is 0.299 e. The van der Waals surface area contributed by atoms with Gasteiger partial charge in [-0.1, -0.05) is 48.0 Å². The van der Waals surface area contributed by atoms with Crippen molar-refractivity contribution in [2.45, 2.75) is 37.6 Å². The molecule has 0 N–H and O–H groups in total. The normalized spacial score (nSPS) is 19.2. The maximum atomic E-state index is 12.3. The zero-order chi connectivity index (χ0) is 18.4. The molecule has 1 heterocycles. The maximum Gasteiger partial charge on any atom is 0.296 e. The number of likely N-dealkylation sites (tertiary alicyclic amines) is 1. The fourth-order valence-electron chi connectivity index (χ4n) is 3.35. The van der Waals surface area contributed by atoms with Crippen LogP contribution in [0.2, 0.25) is 0 Å². The highest BCUT2D eigenvalue weighted by Gasteiger charge is 2.21. The summed E-state index contributed by atoms with van der Waals surface area (Å²) in [7, 11) is -3.66. The van der Waals surface area contributed by atoms with E-state index in [1.54, 1.807) is 24.3 Å². The van der Waals surface area contributed by atoms with Crippen LogP contribution in [0, 0.1) is 12.8 Å². The summed E-state index contributed by atoms with van der Waals surface area (Å²) in [4.78, 5) is 2.69. The Bertz CT molecular complexity index is 788. The molecule has 0 radical (unpaired) electrons. The second-order valence-corrected chi connectivity index (χ2v) is 8.73. The summed E-state index contributed by atoms with van der Waals surface area (Å²) in [6.07, 6.45) is 3.05. The lowest BCUT2D eigenvalue weighted by Crippen LogP contribution is -2.24. The van der Waals surface area contributed by atoms with Gasteiger partial charge in [-0.3, -0.25) is 9.08 Å². The molecule has 0 amide bonds. The highest BCUT2D eigenvalue weighted by molar-refractivity contribution is 7.86. The predicted molar refractivity (Wildman–Crippen MR) is 103 cm³/mol. The molecule has 140 valence electrons. The minimum Gasteiger partial charge on any atom is -0.299 e. The van der Waals surface area contributed by atoms with Gasteiger partial charge in [0.25, 0.3) is 10.1 Å². The topological polar surface area (TPSA) is 46.6 Å². The average molecular weight is 374 g/mol. The van der Waals surface area contributed by atoms with Gasteiger partial charge in [-0.25, -0.2) is 0 Å². The van der Waals surface area contributed by atoms with Crippen molar-refractivity contribution in [3.8, 4) is 0 Å². The Labute approximate surface area is 156 Å². The molecule has 0 spiro atoms. The fourth-order valence-corrected chi connectivity index (χ4v) is 4.33. The number of hydrogen-bond donors (Lipinski definition) is 0. The minimum absolute atomic E-state index is 0.238. The number of aryl methyl sites for hydroxylation is 1. The van der Waals surface area contributed by atoms with Crippen molar-refractivity contribution < 1.29 is 12.6 Å². The van der Waals surface area contributed by atoms with E-state index >= 15 is 0 Å². The summed E-state index contributed by atoms with van der Waals surface area (Å²) in [6.45, 7) is 5.19. The smallest absolute Gasteiger partial charge is 0.296 e. The lowest BCUT2D eigenvalue weighted by Gasteiger charge is -2.20. The molecule has 2 aromatic carbocycles. The third kappa shape index (κ3) is 5.40. The second kappa shape index (κ2) is 8.80. The van der Waals surface area contributed by atoms with Gasteiger partial charge in [0, 0.05) is 6.54 Å². The number of benzene rings is 2. The first-order valence-electron chi connectivity index (χ1n) is 9.25. The summed E-state index contributed by atoms with van der Waals surface area (Å²) in [5.41, 5.74) is 2.36. The summed E-state index contributed by atoms with van der Waals surface area (Å²) < 4.78 is 30.0. The molecule has 4 nitrogen and oxygen atoms in total. The third-order valence-corrected chi connectivity index (χ3v) is 6.25. The van der Waals surface area contributed by atoms with E-state index in [4.69, 9.17) is 4.18 Å². The van der Waals surface area contributed by atoms with Crippen molar-refractivity contribution >= 4 is 10.1 Å². The van der Waals surface area contributed by atoms with E-state index < -0.39 is 10.1 Å². The Morgan fingerprint density at radius 2 is 1.73 bits per heavy atom. The minimum atomic E-state index is -3.66. The molecule has 1 unspecified atom stereocenters. The molecule has 1 saturated heterocycles. The number of rotatable bonds is 6. The zero-order valence-corrected chi connectivity index (χ0v) is 16.1. The molecule has 0 bridgehead atoms. The molecule has 1 atom stereocenters. The van der Waals surface area contributed by atoms with Gasteiger partial charge in [0.05, 0.1) is 11.5 Å². The molecule has 0 aromatic heterocycles. The van der Waals surface area contributed by atoms with E-state index in [9.17, 15) is 8.42 Å². The van der Waals surface area contributed by atoms with Crippen molar-refractivity contribution in [1.82, 2.24) is 4.90 Å². The van der Waals surface area contributed by atoms with Gasteiger partial charge >= 0.3 is 0 Å². The third-order valence-electron chi connectivity index (χ3n) is 4.96. The molecule has 5 heteroatoms. The summed E-state index contributed by atoms with van der Waals surface area (Å²) in [5.74, 6) is 0.288. The summed E-state index contributed by atoms with van der Waals surface area (Å²) >= 11 is 0. The van der Waals surface area contributed by atoms with Crippen LogP contribution in [0.4, 0.5) is 0 Å². The first kappa shape index (κ1) is 19.1. The van der Waals surface area contributed by atoms with Gasteiger partial charge in [-0.2, -0.15) is 8.42 Å². The van der Waals surface area contributed by atoms with Gasteiger partial charge in [0.15, 0.2) is 0 Å². The van der Waals surface area contributed by atoms with Crippen LogP contribution in [-0.4, -0.2) is 33.0 Å². The quantitative estimate of drug-likeness (QED) is 0.718. The molecule has 1 fully saturated rings. The standard InChI is InChI=1S/C21H27NO3S/c1-18-9-11-21(12-10-18)26(23,24)25-17-20-8-5-14-22(15-13-20)16-19-6-3-2-4-7-19/h2-4,6-7,9-12,20H,5,8,13-17H2,1H3. The van der Waals surface area contributed by atoms with Crippen molar-refractivity contribution in [3.63, 3.8) is 0 Å². The van der Waals surface area contributed by atoms with Gasteiger partial charge in [-0.15, -0.1) is 0 Å². The van der Waals surface area contributed by atoms with E-state index in [-0.39, 0.29) is 17.4 Å². The maximum absolute atomic E-state index is 12.3. The van der Waals surface area contributed by atoms with Crippen LogP contribution in [0.25, 0.3) is 0 Å². The van der Waals surface area contributed by atoms with Crippen LogP contribution in [0.15, 0.2) is 59.5 Å². The Morgan fingerprint density at radius 1 is 1.00 bits per heavy atom. The van der Waals surface area contributed by atoms with E-state index in [0.29, 0.717) is 0 Å². The molecule has 3 rings (SSSR count). The van der Waals surface area contributed by atoms with Gasteiger partial charge < -0.3 is 0 Å². The molecule has 2 aromatic rings. The Morgan fingerprint density at radius 3 is 2.46 bits per heavy atom. The average Bonchev–Trinajstić information content (AvgIpc) is 2.87. The predicted octanol–water partition coefficient (Wildman–Crippen LogP) is 4.00. The molecular weight excluding hydrogens is 346 g/mol. The SMILES string of the molecule is Cc1ccc(S(=O)(=O)OCC2CCCN(Cc3ccccc3)CC2)cc1. The molecule has 0 saturated carbocycles. The Hall–Kier alpha value is -1.69. The molecule has 0 aliphatic carbocycles. The van der Waals surface area contributed by atoms with Crippen LogP contribution in [0.5, 0.6) is 0 Å². The molecule has 1 aliphatic rings. The summed E-state index contributed by atoms with van der Waals surface area (Å²) in [5, 5.41) is 0. The fraction of sp³-hybridized carbons (Fsp3) is 0.429. The van der Waals surface area contributed by atoms with Gasteiger partial charge in [0.1, 0.15) is 0 Å². The summed E-state index contributed by atoms with van der Waals surface area (Å²) in [6, 6.07) is 17.3. The van der Waals surface area contributed by atoms with Crippen LogP contribution in [0.3, 0.4) is 0 Å².